The molecule has 10 heteroatoms. The number of carbonyl (C=O) groups is 1. The minimum absolute atomic E-state index is 0.0145. The fraction of sp³-hybridized carbons (Fsp3) is 0.333. The zero-order valence-electron chi connectivity index (χ0n) is 21.3. The highest BCUT2D eigenvalue weighted by Gasteiger charge is 2.32. The predicted octanol–water partition coefficient (Wildman–Crippen LogP) is 4.19. The van der Waals surface area contributed by atoms with Crippen LogP contribution in [0.1, 0.15) is 33.3 Å². The maximum absolute atomic E-state index is 12.7. The number of aromatic nitrogens is 5. The van der Waals surface area contributed by atoms with Crippen LogP contribution in [0.3, 0.4) is 0 Å². The van der Waals surface area contributed by atoms with E-state index in [0.717, 1.165) is 22.5 Å². The third-order valence-electron chi connectivity index (χ3n) is 6.21. The SMILES string of the molecule is C[C@H]1CN(C(=O)OC(C)(C)C)CCN1c1ncnc2c1c(-c1cnccn1)cn2-c1cccc(C#N)c1. The molecule has 0 spiro atoms. The Hall–Kier alpha value is -4.52. The first kappa shape index (κ1) is 24.2. The van der Waals surface area contributed by atoms with E-state index in [4.69, 9.17) is 9.72 Å². The summed E-state index contributed by atoms with van der Waals surface area (Å²) in [6.45, 7) is 9.27. The van der Waals surface area contributed by atoms with Crippen LogP contribution in [-0.4, -0.2) is 66.8 Å². The molecule has 0 bridgehead atoms. The molecular weight excluding hydrogens is 468 g/mol. The average Bonchev–Trinajstić information content (AvgIpc) is 3.28. The number of ether oxygens (including phenoxy) is 1. The molecular formula is C27H28N8O2. The molecule has 0 aliphatic carbocycles. The lowest BCUT2D eigenvalue weighted by molar-refractivity contribution is 0.0218. The average molecular weight is 497 g/mol. The number of amides is 1. The molecule has 3 aromatic heterocycles. The van der Waals surface area contributed by atoms with E-state index in [-0.39, 0.29) is 12.1 Å². The molecule has 10 nitrogen and oxygen atoms in total. The van der Waals surface area contributed by atoms with Crippen molar-refractivity contribution < 1.29 is 9.53 Å². The Bertz CT molecular complexity index is 1490. The molecule has 0 unspecified atom stereocenters. The van der Waals surface area contributed by atoms with Crippen molar-refractivity contribution in [2.45, 2.75) is 39.3 Å². The van der Waals surface area contributed by atoms with Crippen LogP contribution >= 0.6 is 0 Å². The van der Waals surface area contributed by atoms with Crippen molar-refractivity contribution in [3.63, 3.8) is 0 Å². The summed E-state index contributed by atoms with van der Waals surface area (Å²) in [6.07, 6.45) is 8.21. The van der Waals surface area contributed by atoms with Gasteiger partial charge in [-0.05, 0) is 45.9 Å². The highest BCUT2D eigenvalue weighted by atomic mass is 16.6. The Kier molecular flexibility index (Phi) is 6.21. The molecule has 1 atom stereocenters. The standard InChI is InChI=1S/C27H28N8O2/c1-18-15-33(26(36)37-27(2,3)4)10-11-34(18)24-23-21(22-14-29-8-9-30-22)16-35(25(23)32-17-31-24)20-7-5-6-19(12-20)13-28/h5-9,12,14,16-18H,10-11,15H2,1-4H3/t18-/m0/s1. The second-order valence-electron chi connectivity index (χ2n) is 10.0. The maximum Gasteiger partial charge on any atom is 0.410 e. The third kappa shape index (κ3) is 4.80. The Morgan fingerprint density at radius 1 is 1.16 bits per heavy atom. The van der Waals surface area contributed by atoms with Gasteiger partial charge in [-0.1, -0.05) is 6.07 Å². The highest BCUT2D eigenvalue weighted by molar-refractivity contribution is 6.01. The van der Waals surface area contributed by atoms with E-state index < -0.39 is 5.60 Å². The molecule has 4 aromatic rings. The van der Waals surface area contributed by atoms with E-state index >= 15 is 0 Å². The van der Waals surface area contributed by atoms with Crippen LogP contribution < -0.4 is 4.90 Å². The summed E-state index contributed by atoms with van der Waals surface area (Å²) in [5.74, 6) is 0.761. The van der Waals surface area contributed by atoms with Gasteiger partial charge in [0, 0.05) is 55.5 Å². The quantitative estimate of drug-likeness (QED) is 0.415. The summed E-state index contributed by atoms with van der Waals surface area (Å²) in [5.41, 5.74) is 3.05. The number of fused-ring (bicyclic) bond motifs is 1. The van der Waals surface area contributed by atoms with Crippen molar-refractivity contribution in [1.82, 2.24) is 29.4 Å². The lowest BCUT2D eigenvalue weighted by Gasteiger charge is -2.41. The Labute approximate surface area is 215 Å². The zero-order valence-corrected chi connectivity index (χ0v) is 21.3. The van der Waals surface area contributed by atoms with Crippen LogP contribution in [0.5, 0.6) is 0 Å². The number of rotatable bonds is 3. The number of nitriles is 1. The molecule has 1 amide bonds. The van der Waals surface area contributed by atoms with E-state index in [9.17, 15) is 10.1 Å². The van der Waals surface area contributed by atoms with Crippen molar-refractivity contribution >= 4 is 22.9 Å². The summed E-state index contributed by atoms with van der Waals surface area (Å²) in [7, 11) is 0. The maximum atomic E-state index is 12.7. The minimum atomic E-state index is -0.548. The molecule has 1 saturated heterocycles. The Morgan fingerprint density at radius 3 is 2.70 bits per heavy atom. The van der Waals surface area contributed by atoms with Crippen molar-refractivity contribution in [2.75, 3.05) is 24.5 Å². The molecule has 1 aromatic carbocycles. The molecule has 5 rings (SSSR count). The number of nitrogens with zero attached hydrogens (tertiary/aromatic N) is 8. The number of hydrogen-bond acceptors (Lipinski definition) is 8. The van der Waals surface area contributed by atoms with Gasteiger partial charge < -0.3 is 19.1 Å². The van der Waals surface area contributed by atoms with E-state index in [1.54, 1.807) is 35.9 Å². The van der Waals surface area contributed by atoms with Gasteiger partial charge in [-0.25, -0.2) is 14.8 Å². The molecule has 0 saturated carbocycles. The van der Waals surface area contributed by atoms with E-state index in [1.807, 2.05) is 49.7 Å². The van der Waals surface area contributed by atoms with E-state index in [1.165, 1.54) is 0 Å². The largest absolute Gasteiger partial charge is 0.444 e. The van der Waals surface area contributed by atoms with Gasteiger partial charge in [0.1, 0.15) is 17.7 Å². The number of carbonyl (C=O) groups excluding carboxylic acids is 1. The summed E-state index contributed by atoms with van der Waals surface area (Å²) < 4.78 is 7.54. The van der Waals surface area contributed by atoms with Gasteiger partial charge in [-0.15, -0.1) is 0 Å². The first-order valence-corrected chi connectivity index (χ1v) is 12.1. The van der Waals surface area contributed by atoms with Gasteiger partial charge in [0.2, 0.25) is 0 Å². The molecule has 188 valence electrons. The van der Waals surface area contributed by atoms with Crippen molar-refractivity contribution in [3.05, 3.63) is 60.9 Å². The summed E-state index contributed by atoms with van der Waals surface area (Å²) >= 11 is 0. The van der Waals surface area contributed by atoms with Gasteiger partial charge in [-0.3, -0.25) is 9.97 Å². The van der Waals surface area contributed by atoms with Gasteiger partial charge in [0.05, 0.1) is 28.9 Å². The number of hydrogen-bond donors (Lipinski definition) is 0. The van der Waals surface area contributed by atoms with E-state index in [2.05, 4.69) is 32.8 Å². The van der Waals surface area contributed by atoms with Crippen LogP contribution in [0.4, 0.5) is 10.6 Å². The van der Waals surface area contributed by atoms with Crippen molar-refractivity contribution in [1.29, 1.82) is 5.26 Å². The van der Waals surface area contributed by atoms with E-state index in [0.29, 0.717) is 36.5 Å². The lowest BCUT2D eigenvalue weighted by Crippen LogP contribution is -2.54. The highest BCUT2D eigenvalue weighted by Crippen LogP contribution is 2.37. The van der Waals surface area contributed by atoms with Crippen LogP contribution in [0.25, 0.3) is 28.0 Å². The van der Waals surface area contributed by atoms with Crippen LogP contribution in [0, 0.1) is 11.3 Å². The normalized spacial score (nSPS) is 16.0. The molecule has 0 N–H and O–H groups in total. The summed E-state index contributed by atoms with van der Waals surface area (Å²) in [4.78, 5) is 34.8. The zero-order chi connectivity index (χ0) is 26.2. The predicted molar refractivity (Wildman–Crippen MR) is 139 cm³/mol. The fourth-order valence-electron chi connectivity index (χ4n) is 4.58. The lowest BCUT2D eigenvalue weighted by atomic mass is 10.1. The number of benzene rings is 1. The fourth-order valence-corrected chi connectivity index (χ4v) is 4.58. The second kappa shape index (κ2) is 9.50. The Morgan fingerprint density at radius 2 is 2.00 bits per heavy atom. The summed E-state index contributed by atoms with van der Waals surface area (Å²) in [6, 6.07) is 9.56. The van der Waals surface area contributed by atoms with Gasteiger partial charge in [-0.2, -0.15) is 5.26 Å². The molecule has 0 radical (unpaired) electrons. The number of piperazine rings is 1. The first-order valence-electron chi connectivity index (χ1n) is 12.1. The molecule has 37 heavy (non-hydrogen) atoms. The van der Waals surface area contributed by atoms with Crippen LogP contribution in [0.2, 0.25) is 0 Å². The van der Waals surface area contributed by atoms with Crippen LogP contribution in [-0.2, 0) is 4.74 Å². The second-order valence-corrected chi connectivity index (χ2v) is 10.0. The van der Waals surface area contributed by atoms with Crippen molar-refractivity contribution in [3.8, 4) is 23.0 Å². The smallest absolute Gasteiger partial charge is 0.410 e. The van der Waals surface area contributed by atoms with Gasteiger partial charge in [0.15, 0.2) is 5.65 Å². The van der Waals surface area contributed by atoms with Gasteiger partial charge in [0.25, 0.3) is 0 Å². The third-order valence-corrected chi connectivity index (χ3v) is 6.21. The Balaban J connectivity index is 1.59. The molecule has 4 heterocycles. The molecule has 1 aliphatic heterocycles. The van der Waals surface area contributed by atoms with Crippen LogP contribution in [0.15, 0.2) is 55.4 Å². The monoisotopic (exact) mass is 496 g/mol. The topological polar surface area (TPSA) is 113 Å². The minimum Gasteiger partial charge on any atom is -0.444 e. The molecule has 1 fully saturated rings. The summed E-state index contributed by atoms with van der Waals surface area (Å²) in [5, 5.41) is 10.3. The van der Waals surface area contributed by atoms with Crippen molar-refractivity contribution in [2.24, 2.45) is 0 Å². The first-order chi connectivity index (χ1) is 17.7. The molecule has 1 aliphatic rings. The number of anilines is 1. The van der Waals surface area contributed by atoms with Gasteiger partial charge >= 0.3 is 6.09 Å².